The molecule has 0 aliphatic heterocycles. The third kappa shape index (κ3) is 3.70. The van der Waals surface area contributed by atoms with Gasteiger partial charge in [-0.1, -0.05) is 26.7 Å². The van der Waals surface area contributed by atoms with Crippen LogP contribution in [-0.4, -0.2) is 22.8 Å². The van der Waals surface area contributed by atoms with E-state index >= 15 is 0 Å². The van der Waals surface area contributed by atoms with Crippen molar-refractivity contribution < 1.29 is 14.6 Å². The van der Waals surface area contributed by atoms with E-state index in [0.29, 0.717) is 18.8 Å². The zero-order chi connectivity index (χ0) is 12.9. The molecule has 0 heterocycles. The van der Waals surface area contributed by atoms with Gasteiger partial charge in [-0.3, -0.25) is 0 Å². The normalized spacial score (nSPS) is 31.1. The van der Waals surface area contributed by atoms with Gasteiger partial charge < -0.3 is 9.84 Å². The van der Waals surface area contributed by atoms with Crippen LogP contribution in [0.15, 0.2) is 0 Å². The van der Waals surface area contributed by atoms with Gasteiger partial charge in [0.05, 0.1) is 6.10 Å². The van der Waals surface area contributed by atoms with Crippen molar-refractivity contribution in [3.05, 3.63) is 0 Å². The van der Waals surface area contributed by atoms with Gasteiger partial charge >= 0.3 is 5.97 Å². The van der Waals surface area contributed by atoms with Gasteiger partial charge in [-0.05, 0) is 44.9 Å². The minimum atomic E-state index is -0.903. The van der Waals surface area contributed by atoms with Gasteiger partial charge in [-0.2, -0.15) is 0 Å². The average molecular weight is 242 g/mol. The summed E-state index contributed by atoms with van der Waals surface area (Å²) in [5.74, 6) is -0.0687. The van der Waals surface area contributed by atoms with E-state index in [0.717, 1.165) is 19.3 Å². The number of ether oxygens (including phenoxy) is 1. The summed E-state index contributed by atoms with van der Waals surface area (Å²) in [7, 11) is 0. The third-order valence-electron chi connectivity index (χ3n) is 4.00. The van der Waals surface area contributed by atoms with Crippen molar-refractivity contribution in [2.75, 3.05) is 0 Å². The van der Waals surface area contributed by atoms with Crippen molar-refractivity contribution in [2.24, 2.45) is 5.92 Å². The lowest BCUT2D eigenvalue weighted by Gasteiger charge is -2.38. The molecule has 0 amide bonds. The minimum absolute atomic E-state index is 0.0359. The number of hydrogen-bond donors (Lipinski definition) is 1. The van der Waals surface area contributed by atoms with Gasteiger partial charge in [-0.15, -0.1) is 0 Å². The van der Waals surface area contributed by atoms with Crippen molar-refractivity contribution in [3.8, 4) is 0 Å². The predicted molar refractivity (Wildman–Crippen MR) is 68.1 cm³/mol. The lowest BCUT2D eigenvalue weighted by molar-refractivity contribution is -0.180. The summed E-state index contributed by atoms with van der Waals surface area (Å²) in [6, 6.07) is 0. The molecule has 1 aliphatic carbocycles. The first-order chi connectivity index (χ1) is 8.04. The lowest BCUT2D eigenvalue weighted by atomic mass is 9.77. The van der Waals surface area contributed by atoms with Gasteiger partial charge in [0, 0.05) is 0 Å². The molecule has 3 heteroatoms. The van der Waals surface area contributed by atoms with Gasteiger partial charge in [0.15, 0.2) is 5.60 Å². The molecule has 0 aromatic heterocycles. The number of rotatable bonds is 6. The Kier molecular flexibility index (Phi) is 5.44. The number of aliphatic carboxylic acids is 1. The zero-order valence-corrected chi connectivity index (χ0v) is 11.4. The SMILES string of the molecule is CCCC1CCC(OC(C)CC)(C(=O)O)CC1. The van der Waals surface area contributed by atoms with Crippen molar-refractivity contribution in [3.63, 3.8) is 0 Å². The van der Waals surface area contributed by atoms with E-state index in [1.165, 1.54) is 12.8 Å². The standard InChI is InChI=1S/C14H26O3/c1-4-6-12-7-9-14(10-8-12,13(15)16)17-11(3)5-2/h11-12H,4-10H2,1-3H3,(H,15,16). The largest absolute Gasteiger partial charge is 0.479 e. The van der Waals surface area contributed by atoms with E-state index < -0.39 is 11.6 Å². The molecule has 1 rings (SSSR count). The summed E-state index contributed by atoms with van der Waals surface area (Å²) in [5.41, 5.74) is -0.903. The molecule has 0 radical (unpaired) electrons. The Labute approximate surface area is 105 Å². The quantitative estimate of drug-likeness (QED) is 0.774. The Balaban J connectivity index is 2.60. The second-order valence-corrected chi connectivity index (χ2v) is 5.37. The van der Waals surface area contributed by atoms with Crippen LogP contribution in [0.25, 0.3) is 0 Å². The molecule has 0 bridgehead atoms. The Morgan fingerprint density at radius 2 is 2.00 bits per heavy atom. The topological polar surface area (TPSA) is 46.5 Å². The molecule has 3 nitrogen and oxygen atoms in total. The molecule has 1 fully saturated rings. The third-order valence-corrected chi connectivity index (χ3v) is 4.00. The summed E-state index contributed by atoms with van der Waals surface area (Å²) in [6.45, 7) is 6.18. The average Bonchev–Trinajstić information content (AvgIpc) is 2.31. The maximum absolute atomic E-state index is 11.5. The molecule has 1 unspecified atom stereocenters. The first-order valence-corrected chi connectivity index (χ1v) is 6.95. The zero-order valence-electron chi connectivity index (χ0n) is 11.4. The van der Waals surface area contributed by atoms with Crippen LogP contribution in [0, 0.1) is 5.92 Å². The van der Waals surface area contributed by atoms with Gasteiger partial charge in [-0.25, -0.2) is 4.79 Å². The molecule has 0 saturated heterocycles. The minimum Gasteiger partial charge on any atom is -0.479 e. The van der Waals surface area contributed by atoms with Gasteiger partial charge in [0.1, 0.15) is 0 Å². The fourth-order valence-corrected chi connectivity index (χ4v) is 2.69. The first-order valence-electron chi connectivity index (χ1n) is 6.95. The Morgan fingerprint density at radius 1 is 1.41 bits per heavy atom. The molecular weight excluding hydrogens is 216 g/mol. The summed E-state index contributed by atoms with van der Waals surface area (Å²) < 4.78 is 5.82. The fourth-order valence-electron chi connectivity index (χ4n) is 2.69. The smallest absolute Gasteiger partial charge is 0.335 e. The highest BCUT2D eigenvalue weighted by molar-refractivity contribution is 5.77. The highest BCUT2D eigenvalue weighted by Gasteiger charge is 2.43. The summed E-state index contributed by atoms with van der Waals surface area (Å²) in [6.07, 6.45) is 6.67. The van der Waals surface area contributed by atoms with Gasteiger partial charge in [0.25, 0.3) is 0 Å². The predicted octanol–water partition coefficient (Wildman–Crippen LogP) is 3.62. The van der Waals surface area contributed by atoms with Crippen LogP contribution < -0.4 is 0 Å². The number of carboxylic acids is 1. The number of carboxylic acid groups (broad SMARTS) is 1. The van der Waals surface area contributed by atoms with E-state index in [4.69, 9.17) is 4.74 Å². The second-order valence-electron chi connectivity index (χ2n) is 5.37. The van der Waals surface area contributed by atoms with Crippen molar-refractivity contribution in [1.82, 2.24) is 0 Å². The Morgan fingerprint density at radius 3 is 2.41 bits per heavy atom. The number of carbonyl (C=O) groups is 1. The molecule has 1 atom stereocenters. The molecule has 1 saturated carbocycles. The molecule has 0 aromatic rings. The van der Waals surface area contributed by atoms with Crippen LogP contribution in [0.2, 0.25) is 0 Å². The van der Waals surface area contributed by atoms with Crippen LogP contribution in [0.4, 0.5) is 0 Å². The molecule has 1 N–H and O–H groups in total. The van der Waals surface area contributed by atoms with Crippen molar-refractivity contribution >= 4 is 5.97 Å². The van der Waals surface area contributed by atoms with Crippen LogP contribution in [-0.2, 0) is 9.53 Å². The van der Waals surface area contributed by atoms with E-state index in [-0.39, 0.29) is 6.10 Å². The summed E-state index contributed by atoms with van der Waals surface area (Å²) in [5, 5.41) is 9.42. The molecule has 17 heavy (non-hydrogen) atoms. The highest BCUT2D eigenvalue weighted by atomic mass is 16.5. The monoisotopic (exact) mass is 242 g/mol. The lowest BCUT2D eigenvalue weighted by Crippen LogP contribution is -2.46. The Bertz CT molecular complexity index is 242. The van der Waals surface area contributed by atoms with Crippen molar-refractivity contribution in [1.29, 1.82) is 0 Å². The maximum Gasteiger partial charge on any atom is 0.335 e. The van der Waals surface area contributed by atoms with Gasteiger partial charge in [0.2, 0.25) is 0 Å². The molecule has 0 spiro atoms. The second kappa shape index (κ2) is 6.39. The van der Waals surface area contributed by atoms with Crippen molar-refractivity contribution in [2.45, 2.75) is 77.4 Å². The molecule has 1 aliphatic rings. The molecule has 100 valence electrons. The number of hydrogen-bond acceptors (Lipinski definition) is 2. The van der Waals surface area contributed by atoms with E-state index in [2.05, 4.69) is 6.92 Å². The van der Waals surface area contributed by atoms with Crippen LogP contribution in [0.3, 0.4) is 0 Å². The summed E-state index contributed by atoms with van der Waals surface area (Å²) in [4.78, 5) is 11.5. The van der Waals surface area contributed by atoms with E-state index in [1.54, 1.807) is 0 Å². The molecule has 0 aromatic carbocycles. The van der Waals surface area contributed by atoms with E-state index in [9.17, 15) is 9.90 Å². The fraction of sp³-hybridized carbons (Fsp3) is 0.929. The summed E-state index contributed by atoms with van der Waals surface area (Å²) >= 11 is 0. The van der Waals surface area contributed by atoms with Crippen LogP contribution >= 0.6 is 0 Å². The van der Waals surface area contributed by atoms with Crippen LogP contribution in [0.1, 0.15) is 65.7 Å². The first kappa shape index (κ1) is 14.5. The Hall–Kier alpha value is -0.570. The maximum atomic E-state index is 11.5. The molecular formula is C14H26O3. The highest BCUT2D eigenvalue weighted by Crippen LogP contribution is 2.38. The van der Waals surface area contributed by atoms with E-state index in [1.807, 2.05) is 13.8 Å². The van der Waals surface area contributed by atoms with Crippen LogP contribution in [0.5, 0.6) is 0 Å².